The summed E-state index contributed by atoms with van der Waals surface area (Å²) in [5, 5.41) is 6.77. The van der Waals surface area contributed by atoms with Gasteiger partial charge in [0.2, 0.25) is 5.91 Å². The van der Waals surface area contributed by atoms with Crippen LogP contribution >= 0.6 is 11.3 Å². The van der Waals surface area contributed by atoms with E-state index in [1.807, 2.05) is 29.6 Å². The predicted octanol–water partition coefficient (Wildman–Crippen LogP) is 3.46. The van der Waals surface area contributed by atoms with Crippen molar-refractivity contribution in [3.8, 4) is 0 Å². The summed E-state index contributed by atoms with van der Waals surface area (Å²) in [4.78, 5) is 31.5. The summed E-state index contributed by atoms with van der Waals surface area (Å²) in [5.74, 6) is -0.198. The number of amides is 1. The molecule has 2 heterocycles. The quantitative estimate of drug-likeness (QED) is 0.766. The highest BCUT2D eigenvalue weighted by Crippen LogP contribution is 2.26. The Morgan fingerprint density at radius 3 is 2.75 bits per heavy atom. The van der Waals surface area contributed by atoms with Gasteiger partial charge in [0.15, 0.2) is 5.13 Å². The predicted molar refractivity (Wildman–Crippen MR) is 97.7 cm³/mol. The van der Waals surface area contributed by atoms with Gasteiger partial charge in [-0.3, -0.25) is 9.59 Å². The minimum Gasteiger partial charge on any atom is -0.325 e. The molecule has 0 radical (unpaired) electrons. The maximum Gasteiger partial charge on any atom is 0.256 e. The molecule has 0 fully saturated rings. The molecule has 0 aliphatic heterocycles. The van der Waals surface area contributed by atoms with Gasteiger partial charge in [0.1, 0.15) is 0 Å². The van der Waals surface area contributed by atoms with Gasteiger partial charge in [0.25, 0.3) is 5.56 Å². The highest BCUT2D eigenvalue weighted by molar-refractivity contribution is 7.13. The molecule has 0 saturated carbocycles. The van der Waals surface area contributed by atoms with Crippen molar-refractivity contribution in [2.24, 2.45) is 0 Å². The molecule has 1 amide bonds. The Morgan fingerprint density at radius 2 is 2.04 bits per heavy atom. The molecular formula is C18H19N3O2S. The number of thiazole rings is 1. The van der Waals surface area contributed by atoms with Crippen LogP contribution < -0.4 is 10.9 Å². The molecule has 0 atom stereocenters. The second-order valence-corrected chi connectivity index (χ2v) is 7.58. The van der Waals surface area contributed by atoms with Crippen LogP contribution in [-0.4, -0.2) is 15.9 Å². The second kappa shape index (κ2) is 6.20. The lowest BCUT2D eigenvalue weighted by Crippen LogP contribution is -2.18. The van der Waals surface area contributed by atoms with Crippen molar-refractivity contribution in [3.63, 3.8) is 0 Å². The first-order valence-electron chi connectivity index (χ1n) is 7.70. The fourth-order valence-corrected chi connectivity index (χ4v) is 3.33. The fourth-order valence-electron chi connectivity index (χ4n) is 2.37. The first kappa shape index (κ1) is 16.4. The van der Waals surface area contributed by atoms with Gasteiger partial charge < -0.3 is 10.3 Å². The van der Waals surface area contributed by atoms with Crippen LogP contribution in [0.3, 0.4) is 0 Å². The zero-order valence-corrected chi connectivity index (χ0v) is 14.7. The first-order chi connectivity index (χ1) is 11.3. The molecule has 5 nitrogen and oxygen atoms in total. The zero-order chi connectivity index (χ0) is 17.3. The molecule has 0 saturated heterocycles. The normalized spacial score (nSPS) is 11.6. The minimum absolute atomic E-state index is 0.0525. The van der Waals surface area contributed by atoms with Crippen LogP contribution in [0, 0.1) is 0 Å². The van der Waals surface area contributed by atoms with E-state index in [0.29, 0.717) is 16.2 Å². The van der Waals surface area contributed by atoms with Gasteiger partial charge in [-0.2, -0.15) is 0 Å². The van der Waals surface area contributed by atoms with Crippen LogP contribution in [-0.2, 0) is 16.6 Å². The Balaban J connectivity index is 1.75. The number of H-pyrrole nitrogens is 1. The molecule has 124 valence electrons. The van der Waals surface area contributed by atoms with E-state index >= 15 is 0 Å². The third kappa shape index (κ3) is 3.54. The number of aromatic nitrogens is 2. The number of pyridine rings is 1. The van der Waals surface area contributed by atoms with E-state index in [-0.39, 0.29) is 23.3 Å². The molecule has 2 aromatic heterocycles. The van der Waals surface area contributed by atoms with Gasteiger partial charge in [-0.25, -0.2) is 4.98 Å². The topological polar surface area (TPSA) is 74.8 Å². The summed E-state index contributed by atoms with van der Waals surface area (Å²) in [6, 6.07) is 9.15. The Kier molecular flexibility index (Phi) is 4.24. The molecule has 1 aromatic carbocycles. The number of nitrogens with zero attached hydrogens (tertiary/aromatic N) is 1. The van der Waals surface area contributed by atoms with Crippen molar-refractivity contribution < 1.29 is 4.79 Å². The number of carbonyl (C=O) groups is 1. The van der Waals surface area contributed by atoms with E-state index in [1.165, 1.54) is 11.3 Å². The summed E-state index contributed by atoms with van der Waals surface area (Å²) in [7, 11) is 0. The van der Waals surface area contributed by atoms with Crippen molar-refractivity contribution in [2.45, 2.75) is 32.6 Å². The summed E-state index contributed by atoms with van der Waals surface area (Å²) in [6.45, 7) is 6.23. The molecular weight excluding hydrogens is 322 g/mol. The standard InChI is InChI=1S/C18H19N3O2S/c1-18(2,3)14-10-24-17(20-14)21-15(22)9-12-8-11-6-4-5-7-13(11)16(23)19-12/h4-8,10H,9H2,1-3H3,(H,19,23)(H,20,21,22). The minimum atomic E-state index is -0.198. The van der Waals surface area contributed by atoms with Crippen molar-refractivity contribution in [1.29, 1.82) is 0 Å². The molecule has 3 aromatic rings. The van der Waals surface area contributed by atoms with Crippen LogP contribution in [0.4, 0.5) is 5.13 Å². The number of carbonyl (C=O) groups excluding carboxylic acids is 1. The lowest BCUT2D eigenvalue weighted by molar-refractivity contribution is -0.115. The van der Waals surface area contributed by atoms with Crippen molar-refractivity contribution >= 4 is 33.1 Å². The lowest BCUT2D eigenvalue weighted by atomic mass is 9.93. The van der Waals surface area contributed by atoms with Gasteiger partial charge in [0, 0.05) is 21.9 Å². The number of benzene rings is 1. The first-order valence-corrected chi connectivity index (χ1v) is 8.58. The summed E-state index contributed by atoms with van der Waals surface area (Å²) in [6.07, 6.45) is 0.102. The van der Waals surface area contributed by atoms with Crippen LogP contribution in [0.5, 0.6) is 0 Å². The number of hydrogen-bond acceptors (Lipinski definition) is 4. The monoisotopic (exact) mass is 341 g/mol. The van der Waals surface area contributed by atoms with Crippen LogP contribution in [0.2, 0.25) is 0 Å². The van der Waals surface area contributed by atoms with E-state index in [4.69, 9.17) is 0 Å². The largest absolute Gasteiger partial charge is 0.325 e. The molecule has 3 rings (SSSR count). The van der Waals surface area contributed by atoms with E-state index in [2.05, 4.69) is 36.1 Å². The van der Waals surface area contributed by atoms with Crippen molar-refractivity contribution in [2.75, 3.05) is 5.32 Å². The number of fused-ring (bicyclic) bond motifs is 1. The van der Waals surface area contributed by atoms with Crippen LogP contribution in [0.15, 0.2) is 40.5 Å². The fraction of sp³-hybridized carbons (Fsp3) is 0.278. The van der Waals surface area contributed by atoms with Gasteiger partial charge >= 0.3 is 0 Å². The highest BCUT2D eigenvalue weighted by atomic mass is 32.1. The Bertz CT molecular complexity index is 951. The van der Waals surface area contributed by atoms with Crippen LogP contribution in [0.1, 0.15) is 32.2 Å². The second-order valence-electron chi connectivity index (χ2n) is 6.72. The summed E-state index contributed by atoms with van der Waals surface area (Å²) in [5.41, 5.74) is 1.30. The number of aromatic amines is 1. The van der Waals surface area contributed by atoms with E-state index in [1.54, 1.807) is 6.07 Å². The van der Waals surface area contributed by atoms with Gasteiger partial charge in [-0.15, -0.1) is 11.3 Å². The molecule has 0 bridgehead atoms. The average molecular weight is 341 g/mol. The third-order valence-electron chi connectivity index (χ3n) is 3.68. The molecule has 2 N–H and O–H groups in total. The SMILES string of the molecule is CC(C)(C)c1csc(NC(=O)Cc2cc3ccccc3c(=O)[nH]2)n1. The Hall–Kier alpha value is -2.47. The van der Waals surface area contributed by atoms with Crippen molar-refractivity contribution in [1.82, 2.24) is 9.97 Å². The van der Waals surface area contributed by atoms with Crippen molar-refractivity contribution in [3.05, 3.63) is 57.5 Å². The average Bonchev–Trinajstić information content (AvgIpc) is 2.95. The smallest absolute Gasteiger partial charge is 0.256 e. The maximum absolute atomic E-state index is 12.2. The highest BCUT2D eigenvalue weighted by Gasteiger charge is 2.18. The Morgan fingerprint density at radius 1 is 1.29 bits per heavy atom. The Labute approximate surface area is 143 Å². The van der Waals surface area contributed by atoms with Gasteiger partial charge in [-0.1, -0.05) is 39.0 Å². The van der Waals surface area contributed by atoms with Gasteiger partial charge in [0.05, 0.1) is 12.1 Å². The van der Waals surface area contributed by atoms with E-state index in [9.17, 15) is 9.59 Å². The molecule has 0 aliphatic rings. The number of nitrogens with one attached hydrogen (secondary N) is 2. The summed E-state index contributed by atoms with van der Waals surface area (Å²) >= 11 is 1.41. The summed E-state index contributed by atoms with van der Waals surface area (Å²) < 4.78 is 0. The molecule has 0 unspecified atom stereocenters. The number of anilines is 1. The number of hydrogen-bond donors (Lipinski definition) is 2. The maximum atomic E-state index is 12.2. The van der Waals surface area contributed by atoms with Crippen LogP contribution in [0.25, 0.3) is 10.8 Å². The molecule has 0 aliphatic carbocycles. The number of rotatable bonds is 3. The lowest BCUT2D eigenvalue weighted by Gasteiger charge is -2.14. The molecule has 24 heavy (non-hydrogen) atoms. The zero-order valence-electron chi connectivity index (χ0n) is 13.8. The molecule has 6 heteroatoms. The molecule has 0 spiro atoms. The van der Waals surface area contributed by atoms with E-state index < -0.39 is 0 Å². The third-order valence-corrected chi connectivity index (χ3v) is 4.44. The van der Waals surface area contributed by atoms with Gasteiger partial charge in [-0.05, 0) is 17.5 Å². The van der Waals surface area contributed by atoms with E-state index in [0.717, 1.165) is 11.1 Å².